The van der Waals surface area contributed by atoms with E-state index in [1.165, 1.54) is 0 Å². The van der Waals surface area contributed by atoms with Crippen molar-refractivity contribution in [3.8, 4) is 11.3 Å². The molecule has 4 rings (SSSR count). The van der Waals surface area contributed by atoms with Crippen molar-refractivity contribution in [3.63, 3.8) is 0 Å². The summed E-state index contributed by atoms with van der Waals surface area (Å²) in [5.74, 6) is 0.569. The molecule has 1 aliphatic rings. The van der Waals surface area contributed by atoms with Gasteiger partial charge in [0.1, 0.15) is 5.69 Å². The van der Waals surface area contributed by atoms with Gasteiger partial charge in [-0.2, -0.15) is 0 Å². The molecule has 1 aliphatic carbocycles. The Balaban J connectivity index is 1.49. The Morgan fingerprint density at radius 1 is 1.11 bits per heavy atom. The van der Waals surface area contributed by atoms with Gasteiger partial charge in [0.2, 0.25) is 5.91 Å². The van der Waals surface area contributed by atoms with E-state index in [0.29, 0.717) is 11.9 Å². The smallest absolute Gasteiger partial charge is 0.228 e. The molecule has 3 aromatic rings. The number of hydrogen-bond acceptors (Lipinski definition) is 6. The highest BCUT2D eigenvalue weighted by Crippen LogP contribution is 2.28. The number of carbonyl (C=O) groups is 1. The third-order valence-corrected chi connectivity index (χ3v) is 5.53. The number of rotatable bonds is 4. The summed E-state index contributed by atoms with van der Waals surface area (Å²) in [6, 6.07) is 8.28. The van der Waals surface area contributed by atoms with Gasteiger partial charge in [-0.05, 0) is 58.0 Å². The molecular formula is C20H25N7O. The fourth-order valence-electron chi connectivity index (χ4n) is 3.83. The summed E-state index contributed by atoms with van der Waals surface area (Å²) < 4.78 is 1.67. The van der Waals surface area contributed by atoms with E-state index in [4.69, 9.17) is 0 Å². The van der Waals surface area contributed by atoms with E-state index in [-0.39, 0.29) is 11.8 Å². The van der Waals surface area contributed by atoms with Crippen LogP contribution in [0.3, 0.4) is 0 Å². The molecule has 1 amide bonds. The summed E-state index contributed by atoms with van der Waals surface area (Å²) in [6.45, 7) is 0. The number of amides is 1. The van der Waals surface area contributed by atoms with Gasteiger partial charge in [0.15, 0.2) is 5.82 Å². The average molecular weight is 379 g/mol. The number of fused-ring (bicyclic) bond motifs is 1. The maximum Gasteiger partial charge on any atom is 0.228 e. The van der Waals surface area contributed by atoms with Gasteiger partial charge in [0, 0.05) is 30.0 Å². The first-order valence-corrected chi connectivity index (χ1v) is 9.61. The zero-order valence-electron chi connectivity index (χ0n) is 16.5. The number of anilines is 1. The van der Waals surface area contributed by atoms with Crippen LogP contribution in [0.5, 0.6) is 0 Å². The minimum atomic E-state index is 0.0379. The summed E-state index contributed by atoms with van der Waals surface area (Å²) in [4.78, 5) is 14.9. The van der Waals surface area contributed by atoms with Gasteiger partial charge in [0.05, 0.1) is 11.7 Å². The van der Waals surface area contributed by atoms with Gasteiger partial charge in [-0.15, -0.1) is 15.3 Å². The van der Waals surface area contributed by atoms with Crippen molar-refractivity contribution < 1.29 is 4.79 Å². The molecule has 0 radical (unpaired) electrons. The lowest BCUT2D eigenvalue weighted by Crippen LogP contribution is -2.35. The first-order valence-electron chi connectivity index (χ1n) is 9.61. The third kappa shape index (κ3) is 3.87. The number of hydrogen-bond donors (Lipinski definition) is 1. The topological polar surface area (TPSA) is 88.8 Å². The van der Waals surface area contributed by atoms with E-state index in [0.717, 1.165) is 47.8 Å². The summed E-state index contributed by atoms with van der Waals surface area (Å²) in [6.07, 6.45) is 5.79. The minimum Gasteiger partial charge on any atom is -0.309 e. The van der Waals surface area contributed by atoms with Crippen molar-refractivity contribution in [2.24, 2.45) is 13.0 Å². The largest absolute Gasteiger partial charge is 0.309 e. The van der Waals surface area contributed by atoms with Crippen LogP contribution in [0.2, 0.25) is 0 Å². The molecule has 0 bridgehead atoms. The molecule has 1 N–H and O–H groups in total. The molecule has 1 saturated carbocycles. The fourth-order valence-corrected chi connectivity index (χ4v) is 3.83. The molecule has 2 aromatic heterocycles. The second-order valence-corrected chi connectivity index (χ2v) is 7.74. The van der Waals surface area contributed by atoms with Gasteiger partial charge in [-0.1, -0.05) is 11.3 Å². The van der Waals surface area contributed by atoms with Crippen LogP contribution in [-0.4, -0.2) is 56.1 Å². The lowest BCUT2D eigenvalue weighted by atomic mass is 9.85. The van der Waals surface area contributed by atoms with Crippen LogP contribution in [0.15, 0.2) is 30.5 Å². The Hall–Kier alpha value is -2.87. The molecule has 0 saturated heterocycles. The van der Waals surface area contributed by atoms with Crippen LogP contribution >= 0.6 is 0 Å². The van der Waals surface area contributed by atoms with Gasteiger partial charge in [0.25, 0.3) is 0 Å². The van der Waals surface area contributed by atoms with Crippen LogP contribution in [0.1, 0.15) is 25.7 Å². The molecule has 0 spiro atoms. The summed E-state index contributed by atoms with van der Waals surface area (Å²) in [7, 11) is 6.04. The van der Waals surface area contributed by atoms with Gasteiger partial charge in [-0.3, -0.25) is 9.48 Å². The first kappa shape index (κ1) is 18.5. The van der Waals surface area contributed by atoms with E-state index in [1.54, 1.807) is 4.68 Å². The standard InChI is InChI=1S/C20H25N7O/c1-26(2)16-7-4-13(5-8-16)20(28)21-19-11-15-10-14(6-9-17(15)22-24-19)18-12-27(3)25-23-18/h6,9-13,16H,4-5,7-8H2,1-3H3,(H,21,24,28). The molecule has 0 unspecified atom stereocenters. The number of benzene rings is 1. The van der Waals surface area contributed by atoms with E-state index in [9.17, 15) is 4.79 Å². The lowest BCUT2D eigenvalue weighted by molar-refractivity contribution is -0.121. The van der Waals surface area contributed by atoms with Crippen molar-refractivity contribution in [1.82, 2.24) is 30.1 Å². The number of aryl methyl sites for hydroxylation is 1. The molecule has 2 heterocycles. The normalized spacial score (nSPS) is 19.9. The first-order chi connectivity index (χ1) is 13.5. The second kappa shape index (κ2) is 7.63. The summed E-state index contributed by atoms with van der Waals surface area (Å²) >= 11 is 0. The zero-order valence-corrected chi connectivity index (χ0v) is 16.5. The van der Waals surface area contributed by atoms with Crippen molar-refractivity contribution in [3.05, 3.63) is 30.5 Å². The molecular weight excluding hydrogens is 354 g/mol. The minimum absolute atomic E-state index is 0.0379. The SMILES string of the molecule is CN(C)C1CCC(C(=O)Nc2cc3cc(-c4cn(C)nn4)ccc3nn2)CC1. The molecule has 28 heavy (non-hydrogen) atoms. The van der Waals surface area contributed by atoms with Crippen LogP contribution in [0, 0.1) is 5.92 Å². The maximum absolute atomic E-state index is 12.7. The molecule has 0 atom stereocenters. The van der Waals surface area contributed by atoms with Crippen LogP contribution in [0.4, 0.5) is 5.82 Å². The quantitative estimate of drug-likeness (QED) is 0.749. The second-order valence-electron chi connectivity index (χ2n) is 7.74. The monoisotopic (exact) mass is 379 g/mol. The zero-order chi connectivity index (χ0) is 19.7. The van der Waals surface area contributed by atoms with E-state index in [1.807, 2.05) is 37.5 Å². The third-order valence-electron chi connectivity index (χ3n) is 5.53. The molecule has 1 aromatic carbocycles. The Kier molecular flexibility index (Phi) is 5.04. The van der Waals surface area contributed by atoms with Crippen molar-refractivity contribution >= 4 is 22.6 Å². The summed E-state index contributed by atoms with van der Waals surface area (Å²) in [5.41, 5.74) is 2.52. The number of aromatic nitrogens is 5. The highest BCUT2D eigenvalue weighted by molar-refractivity contribution is 5.94. The number of nitrogens with zero attached hydrogens (tertiary/aromatic N) is 6. The molecule has 8 nitrogen and oxygen atoms in total. The number of carbonyl (C=O) groups excluding carboxylic acids is 1. The summed E-state index contributed by atoms with van der Waals surface area (Å²) in [5, 5.41) is 20.4. The van der Waals surface area contributed by atoms with Crippen molar-refractivity contribution in [1.29, 1.82) is 0 Å². The maximum atomic E-state index is 12.7. The highest BCUT2D eigenvalue weighted by atomic mass is 16.1. The van der Waals surface area contributed by atoms with E-state index < -0.39 is 0 Å². The van der Waals surface area contributed by atoms with E-state index in [2.05, 4.69) is 44.8 Å². The van der Waals surface area contributed by atoms with Crippen molar-refractivity contribution in [2.45, 2.75) is 31.7 Å². The Morgan fingerprint density at radius 2 is 1.89 bits per heavy atom. The van der Waals surface area contributed by atoms with Crippen molar-refractivity contribution in [2.75, 3.05) is 19.4 Å². The predicted molar refractivity (Wildman–Crippen MR) is 108 cm³/mol. The lowest BCUT2D eigenvalue weighted by Gasteiger charge is -2.31. The molecule has 0 aliphatic heterocycles. The van der Waals surface area contributed by atoms with Crippen LogP contribution in [-0.2, 0) is 11.8 Å². The molecule has 146 valence electrons. The van der Waals surface area contributed by atoms with Crippen LogP contribution < -0.4 is 5.32 Å². The number of nitrogens with one attached hydrogen (secondary N) is 1. The Morgan fingerprint density at radius 3 is 2.57 bits per heavy atom. The van der Waals surface area contributed by atoms with Gasteiger partial charge >= 0.3 is 0 Å². The fraction of sp³-hybridized carbons (Fsp3) is 0.450. The molecule has 8 heteroatoms. The Bertz CT molecular complexity index is 989. The van der Waals surface area contributed by atoms with E-state index >= 15 is 0 Å². The molecule has 1 fully saturated rings. The predicted octanol–water partition coefficient (Wildman–Crippen LogP) is 2.48. The average Bonchev–Trinajstić information content (AvgIpc) is 3.14. The Labute approximate surface area is 163 Å². The van der Waals surface area contributed by atoms with Gasteiger partial charge < -0.3 is 10.2 Å². The van der Waals surface area contributed by atoms with Gasteiger partial charge in [-0.25, -0.2) is 0 Å². The van der Waals surface area contributed by atoms with Crippen LogP contribution in [0.25, 0.3) is 22.2 Å². The highest BCUT2D eigenvalue weighted by Gasteiger charge is 2.27.